The number of aryl methyl sites for hydroxylation is 1. The van der Waals surface area contributed by atoms with Gasteiger partial charge in [0.05, 0.1) is 5.02 Å². The summed E-state index contributed by atoms with van der Waals surface area (Å²) in [7, 11) is 1.68. The first-order valence-electron chi connectivity index (χ1n) is 5.78. The monoisotopic (exact) mass is 271 g/mol. The zero-order chi connectivity index (χ0) is 13.5. The second-order valence-corrected chi connectivity index (χ2v) is 4.52. The Morgan fingerprint density at radius 3 is 2.89 bits per heavy atom. The highest BCUT2D eigenvalue weighted by molar-refractivity contribution is 6.32. The quantitative estimate of drug-likeness (QED) is 0.859. The summed E-state index contributed by atoms with van der Waals surface area (Å²) in [6, 6.07) is 5.42. The molecule has 1 aromatic rings. The van der Waals surface area contributed by atoms with Crippen LogP contribution in [0.15, 0.2) is 18.2 Å². The maximum atomic E-state index is 11.7. The van der Waals surface area contributed by atoms with Gasteiger partial charge in [-0.2, -0.15) is 0 Å². The Bertz CT molecular complexity index is 409. The second-order valence-electron chi connectivity index (χ2n) is 4.12. The fraction of sp³-hybridized carbons (Fsp3) is 0.462. The van der Waals surface area contributed by atoms with Gasteiger partial charge in [0.2, 0.25) is 0 Å². The zero-order valence-corrected chi connectivity index (χ0v) is 11.4. The van der Waals surface area contributed by atoms with Crippen molar-refractivity contribution in [2.24, 2.45) is 0 Å². The number of aliphatic hydroxyl groups is 1. The Balaban J connectivity index is 2.49. The van der Waals surface area contributed by atoms with Gasteiger partial charge >= 0.3 is 0 Å². The van der Waals surface area contributed by atoms with Gasteiger partial charge < -0.3 is 14.7 Å². The van der Waals surface area contributed by atoms with Crippen molar-refractivity contribution in [2.75, 3.05) is 26.8 Å². The molecule has 18 heavy (non-hydrogen) atoms. The number of likely N-dealkylation sites (N-methyl/N-ethyl adjacent to an activating group) is 1. The molecular weight excluding hydrogens is 254 g/mol. The summed E-state index contributed by atoms with van der Waals surface area (Å²) in [4.78, 5) is 13.2. The Kier molecular flexibility index (Phi) is 5.95. The molecule has 4 nitrogen and oxygen atoms in total. The smallest absolute Gasteiger partial charge is 0.260 e. The molecule has 0 saturated heterocycles. The molecule has 0 unspecified atom stereocenters. The molecule has 0 spiro atoms. The van der Waals surface area contributed by atoms with E-state index in [1.165, 1.54) is 4.90 Å². The van der Waals surface area contributed by atoms with Gasteiger partial charge in [0.15, 0.2) is 6.61 Å². The molecule has 0 saturated carbocycles. The molecule has 0 aliphatic rings. The summed E-state index contributed by atoms with van der Waals surface area (Å²) in [5.41, 5.74) is 1.02. The molecule has 0 aliphatic heterocycles. The van der Waals surface area contributed by atoms with E-state index >= 15 is 0 Å². The van der Waals surface area contributed by atoms with Crippen molar-refractivity contribution in [3.63, 3.8) is 0 Å². The normalized spacial score (nSPS) is 10.2. The maximum Gasteiger partial charge on any atom is 0.260 e. The van der Waals surface area contributed by atoms with E-state index in [1.807, 2.05) is 13.0 Å². The van der Waals surface area contributed by atoms with E-state index in [0.717, 1.165) is 5.56 Å². The van der Waals surface area contributed by atoms with Gasteiger partial charge in [-0.15, -0.1) is 0 Å². The minimum atomic E-state index is -0.138. The average Bonchev–Trinajstić information content (AvgIpc) is 2.36. The molecule has 0 bridgehead atoms. The summed E-state index contributed by atoms with van der Waals surface area (Å²) >= 11 is 5.96. The summed E-state index contributed by atoms with van der Waals surface area (Å²) in [5, 5.41) is 9.18. The highest BCUT2D eigenvalue weighted by Gasteiger charge is 2.10. The third-order valence-corrected chi connectivity index (χ3v) is 2.83. The molecule has 1 amide bonds. The van der Waals surface area contributed by atoms with Crippen LogP contribution in [0.25, 0.3) is 0 Å². The second kappa shape index (κ2) is 7.24. The van der Waals surface area contributed by atoms with Gasteiger partial charge in [-0.25, -0.2) is 0 Å². The molecule has 0 fully saturated rings. The SMILES string of the molecule is Cc1ccc(Cl)c(OCC(=O)N(C)CCCO)c1. The number of carbonyl (C=O) groups is 1. The molecule has 0 heterocycles. The number of hydrogen-bond acceptors (Lipinski definition) is 3. The minimum absolute atomic E-state index is 0.0505. The topological polar surface area (TPSA) is 49.8 Å². The van der Waals surface area contributed by atoms with E-state index in [4.69, 9.17) is 21.4 Å². The lowest BCUT2D eigenvalue weighted by atomic mass is 10.2. The molecule has 5 heteroatoms. The van der Waals surface area contributed by atoms with Crippen LogP contribution in [0.2, 0.25) is 5.02 Å². The molecule has 0 atom stereocenters. The predicted octanol–water partition coefficient (Wildman–Crippen LogP) is 1.87. The lowest BCUT2D eigenvalue weighted by Gasteiger charge is -2.17. The highest BCUT2D eigenvalue weighted by atomic mass is 35.5. The Labute approximate surface area is 112 Å². The number of amides is 1. The molecule has 1 aromatic carbocycles. The summed E-state index contributed by atoms with van der Waals surface area (Å²) in [6.45, 7) is 2.46. The van der Waals surface area contributed by atoms with Crippen LogP contribution in [0.4, 0.5) is 0 Å². The van der Waals surface area contributed by atoms with Crippen molar-refractivity contribution in [3.8, 4) is 5.75 Å². The van der Waals surface area contributed by atoms with Crippen LogP contribution >= 0.6 is 11.6 Å². The van der Waals surface area contributed by atoms with E-state index in [9.17, 15) is 4.79 Å². The van der Waals surface area contributed by atoms with Crippen LogP contribution in [0.3, 0.4) is 0 Å². The number of carbonyl (C=O) groups excluding carboxylic acids is 1. The van der Waals surface area contributed by atoms with Crippen molar-refractivity contribution >= 4 is 17.5 Å². The maximum absolute atomic E-state index is 11.7. The van der Waals surface area contributed by atoms with Crippen LogP contribution in [0.5, 0.6) is 5.75 Å². The largest absolute Gasteiger partial charge is 0.482 e. The standard InChI is InChI=1S/C13H18ClNO3/c1-10-4-5-11(14)12(8-10)18-9-13(17)15(2)6-3-7-16/h4-5,8,16H,3,6-7,9H2,1-2H3. The van der Waals surface area contributed by atoms with Crippen molar-refractivity contribution in [1.29, 1.82) is 0 Å². The van der Waals surface area contributed by atoms with Crippen molar-refractivity contribution in [2.45, 2.75) is 13.3 Å². The number of ether oxygens (including phenoxy) is 1. The van der Waals surface area contributed by atoms with Crippen LogP contribution < -0.4 is 4.74 Å². The van der Waals surface area contributed by atoms with Crippen molar-refractivity contribution in [1.82, 2.24) is 4.90 Å². The van der Waals surface area contributed by atoms with E-state index in [2.05, 4.69) is 0 Å². The lowest BCUT2D eigenvalue weighted by molar-refractivity contribution is -0.132. The van der Waals surface area contributed by atoms with Gasteiger partial charge in [-0.1, -0.05) is 17.7 Å². The molecule has 0 aliphatic carbocycles. The molecule has 0 radical (unpaired) electrons. The van der Waals surface area contributed by atoms with E-state index in [-0.39, 0.29) is 19.1 Å². The van der Waals surface area contributed by atoms with Crippen LogP contribution in [-0.2, 0) is 4.79 Å². The Hall–Kier alpha value is -1.26. The van der Waals surface area contributed by atoms with Crippen molar-refractivity contribution < 1.29 is 14.6 Å². The number of halogens is 1. The van der Waals surface area contributed by atoms with Gasteiger partial charge in [-0.3, -0.25) is 4.79 Å². The molecule has 1 rings (SSSR count). The first-order valence-corrected chi connectivity index (χ1v) is 6.16. The minimum Gasteiger partial charge on any atom is -0.482 e. The van der Waals surface area contributed by atoms with Crippen LogP contribution in [-0.4, -0.2) is 42.7 Å². The van der Waals surface area contributed by atoms with Gasteiger partial charge in [-0.05, 0) is 31.0 Å². The summed E-state index contributed by atoms with van der Waals surface area (Å²) < 4.78 is 5.39. The van der Waals surface area contributed by atoms with Gasteiger partial charge in [0, 0.05) is 20.2 Å². The molecule has 100 valence electrons. The number of aliphatic hydroxyl groups excluding tert-OH is 1. The first kappa shape index (κ1) is 14.8. The van der Waals surface area contributed by atoms with E-state index in [1.54, 1.807) is 19.2 Å². The zero-order valence-electron chi connectivity index (χ0n) is 10.6. The average molecular weight is 272 g/mol. The third kappa shape index (κ3) is 4.55. The van der Waals surface area contributed by atoms with Crippen molar-refractivity contribution in [3.05, 3.63) is 28.8 Å². The number of benzene rings is 1. The van der Waals surface area contributed by atoms with Gasteiger partial charge in [0.25, 0.3) is 5.91 Å². The number of hydrogen-bond donors (Lipinski definition) is 1. The molecule has 1 N–H and O–H groups in total. The Morgan fingerprint density at radius 2 is 2.22 bits per heavy atom. The first-order chi connectivity index (χ1) is 8.54. The fourth-order valence-corrected chi connectivity index (χ4v) is 1.58. The summed E-state index contributed by atoms with van der Waals surface area (Å²) in [6.07, 6.45) is 0.563. The Morgan fingerprint density at radius 1 is 1.50 bits per heavy atom. The summed E-state index contributed by atoms with van der Waals surface area (Å²) in [5.74, 6) is 0.376. The van der Waals surface area contributed by atoms with E-state index in [0.29, 0.717) is 23.7 Å². The fourth-order valence-electron chi connectivity index (χ4n) is 1.40. The van der Waals surface area contributed by atoms with Crippen LogP contribution in [0, 0.1) is 6.92 Å². The third-order valence-electron chi connectivity index (χ3n) is 2.52. The van der Waals surface area contributed by atoms with E-state index < -0.39 is 0 Å². The number of nitrogens with zero attached hydrogens (tertiary/aromatic N) is 1. The highest BCUT2D eigenvalue weighted by Crippen LogP contribution is 2.25. The molecular formula is C13H18ClNO3. The number of rotatable bonds is 6. The van der Waals surface area contributed by atoms with Crippen LogP contribution in [0.1, 0.15) is 12.0 Å². The van der Waals surface area contributed by atoms with Gasteiger partial charge in [0.1, 0.15) is 5.75 Å². The lowest BCUT2D eigenvalue weighted by Crippen LogP contribution is -2.32. The predicted molar refractivity (Wildman–Crippen MR) is 71.0 cm³/mol. The molecule has 0 aromatic heterocycles.